The second-order valence-electron chi connectivity index (χ2n) is 6.82. The molecular weight excluding hydrogens is 368 g/mol. The van der Waals surface area contributed by atoms with Crippen LogP contribution in [0, 0.1) is 6.92 Å². The molecule has 0 fully saturated rings. The highest BCUT2D eigenvalue weighted by Gasteiger charge is 2.19. The van der Waals surface area contributed by atoms with Crippen LogP contribution in [0.15, 0.2) is 66.7 Å². The van der Waals surface area contributed by atoms with Crippen molar-refractivity contribution in [2.24, 2.45) is 0 Å². The summed E-state index contributed by atoms with van der Waals surface area (Å²) in [4.78, 5) is 24.4. The van der Waals surface area contributed by atoms with Crippen LogP contribution < -0.4 is 20.3 Å². The average molecular weight is 392 g/mol. The molecule has 0 aliphatic heterocycles. The van der Waals surface area contributed by atoms with Gasteiger partial charge in [-0.15, -0.1) is 0 Å². The Balaban J connectivity index is 1.49. The quantitative estimate of drug-likeness (QED) is 0.629. The third-order valence-electron chi connectivity index (χ3n) is 4.41. The number of aryl methyl sites for hydroxylation is 1. The monoisotopic (exact) mass is 392 g/mol. The predicted octanol–water partition coefficient (Wildman–Crippen LogP) is 3.53. The van der Waals surface area contributed by atoms with Gasteiger partial charge in [0.1, 0.15) is 11.5 Å². The zero-order valence-electron chi connectivity index (χ0n) is 16.6. The first kappa shape index (κ1) is 20.2. The summed E-state index contributed by atoms with van der Waals surface area (Å²) in [6.45, 7) is 5.19. The van der Waals surface area contributed by atoms with Gasteiger partial charge in [-0.25, -0.2) is 0 Å². The Hall–Kier alpha value is -3.54. The summed E-state index contributed by atoms with van der Waals surface area (Å²) in [5.41, 5.74) is 5.84. The van der Waals surface area contributed by atoms with Gasteiger partial charge in [0.2, 0.25) is 0 Å². The summed E-state index contributed by atoms with van der Waals surface area (Å²) in [6.07, 6.45) is -1.56. The van der Waals surface area contributed by atoms with Gasteiger partial charge in [0.15, 0.2) is 12.2 Å². The van der Waals surface area contributed by atoms with E-state index in [9.17, 15) is 9.59 Å². The number of nitrogens with one attached hydrogen (secondary N) is 2. The number of hydrazine groups is 1. The fourth-order valence-corrected chi connectivity index (χ4v) is 2.70. The van der Waals surface area contributed by atoms with Crippen LogP contribution in [-0.2, 0) is 9.59 Å². The molecule has 150 valence electrons. The molecule has 0 unspecified atom stereocenters. The molecule has 0 aromatic heterocycles. The number of carbonyl (C=O) groups is 2. The number of carbonyl (C=O) groups excluding carboxylic acids is 2. The second kappa shape index (κ2) is 9.10. The van der Waals surface area contributed by atoms with Crippen molar-refractivity contribution in [3.63, 3.8) is 0 Å². The Bertz CT molecular complexity index is 1000. The first-order valence-electron chi connectivity index (χ1n) is 9.41. The first-order chi connectivity index (χ1) is 13.9. The summed E-state index contributed by atoms with van der Waals surface area (Å²) in [6, 6.07) is 20.9. The zero-order valence-corrected chi connectivity index (χ0v) is 16.6. The molecule has 3 rings (SSSR count). The normalized spacial score (nSPS) is 12.7. The van der Waals surface area contributed by atoms with E-state index in [0.717, 1.165) is 16.3 Å². The van der Waals surface area contributed by atoms with E-state index < -0.39 is 24.0 Å². The lowest BCUT2D eigenvalue weighted by molar-refractivity contribution is -0.135. The standard InChI is InChI=1S/C23H24N2O4/c1-15-8-11-20(12-9-15)28-16(2)22(26)24-25-23(27)17(3)29-21-13-10-18-6-4-5-7-19(18)14-21/h4-14,16-17H,1-3H3,(H,24,26)(H,25,27)/t16-,17-/m0/s1. The lowest BCUT2D eigenvalue weighted by Crippen LogP contribution is -2.50. The molecule has 0 saturated carbocycles. The zero-order chi connectivity index (χ0) is 20.8. The lowest BCUT2D eigenvalue weighted by Gasteiger charge is -2.18. The van der Waals surface area contributed by atoms with E-state index in [1.54, 1.807) is 26.0 Å². The van der Waals surface area contributed by atoms with Crippen molar-refractivity contribution >= 4 is 22.6 Å². The molecule has 6 heteroatoms. The minimum absolute atomic E-state index is 0.461. The Morgan fingerprint density at radius 1 is 0.724 bits per heavy atom. The van der Waals surface area contributed by atoms with E-state index in [1.165, 1.54) is 0 Å². The average Bonchev–Trinajstić information content (AvgIpc) is 2.73. The summed E-state index contributed by atoms with van der Waals surface area (Å²) >= 11 is 0. The van der Waals surface area contributed by atoms with Gasteiger partial charge < -0.3 is 9.47 Å². The molecule has 0 bridgehead atoms. The molecule has 3 aromatic rings. The highest BCUT2D eigenvalue weighted by atomic mass is 16.5. The number of hydrogen-bond acceptors (Lipinski definition) is 4. The molecule has 6 nitrogen and oxygen atoms in total. The molecule has 2 amide bonds. The molecule has 0 aliphatic rings. The Morgan fingerprint density at radius 3 is 1.86 bits per heavy atom. The number of benzene rings is 3. The Morgan fingerprint density at radius 2 is 1.24 bits per heavy atom. The van der Waals surface area contributed by atoms with Crippen LogP contribution in [0.3, 0.4) is 0 Å². The highest BCUT2D eigenvalue weighted by Crippen LogP contribution is 2.21. The van der Waals surface area contributed by atoms with E-state index in [4.69, 9.17) is 9.47 Å². The van der Waals surface area contributed by atoms with Crippen molar-refractivity contribution in [1.29, 1.82) is 0 Å². The molecule has 2 atom stereocenters. The highest BCUT2D eigenvalue weighted by molar-refractivity contribution is 5.87. The van der Waals surface area contributed by atoms with Crippen LogP contribution in [0.4, 0.5) is 0 Å². The molecule has 0 aliphatic carbocycles. The third-order valence-corrected chi connectivity index (χ3v) is 4.41. The van der Waals surface area contributed by atoms with Crippen molar-refractivity contribution in [1.82, 2.24) is 10.9 Å². The van der Waals surface area contributed by atoms with Gasteiger partial charge in [-0.3, -0.25) is 20.4 Å². The Kier molecular flexibility index (Phi) is 6.34. The molecule has 0 spiro atoms. The summed E-state index contributed by atoms with van der Waals surface area (Å²) in [5, 5.41) is 2.11. The maximum Gasteiger partial charge on any atom is 0.279 e. The van der Waals surface area contributed by atoms with Gasteiger partial charge in [0.05, 0.1) is 0 Å². The summed E-state index contributed by atoms with van der Waals surface area (Å²) in [5.74, 6) is 0.234. The fraction of sp³-hybridized carbons (Fsp3) is 0.217. The lowest BCUT2D eigenvalue weighted by atomic mass is 10.1. The van der Waals surface area contributed by atoms with E-state index in [2.05, 4.69) is 10.9 Å². The molecule has 3 aromatic carbocycles. The smallest absolute Gasteiger partial charge is 0.279 e. The molecule has 0 radical (unpaired) electrons. The fourth-order valence-electron chi connectivity index (χ4n) is 2.70. The molecule has 0 saturated heterocycles. The maximum absolute atomic E-state index is 12.2. The van der Waals surface area contributed by atoms with E-state index in [1.807, 2.05) is 61.5 Å². The second-order valence-corrected chi connectivity index (χ2v) is 6.82. The molecular formula is C23H24N2O4. The van der Waals surface area contributed by atoms with Gasteiger partial charge in [-0.05, 0) is 55.8 Å². The SMILES string of the molecule is Cc1ccc(O[C@@H](C)C(=O)NNC(=O)[C@H](C)Oc2ccc3ccccc3c2)cc1. The van der Waals surface area contributed by atoms with Crippen molar-refractivity contribution in [2.75, 3.05) is 0 Å². The number of rotatable bonds is 6. The third kappa shape index (κ3) is 5.48. The topological polar surface area (TPSA) is 76.7 Å². The molecule has 0 heterocycles. The van der Waals surface area contributed by atoms with Crippen molar-refractivity contribution in [3.8, 4) is 11.5 Å². The van der Waals surface area contributed by atoms with Gasteiger partial charge >= 0.3 is 0 Å². The van der Waals surface area contributed by atoms with Crippen LogP contribution in [0.25, 0.3) is 10.8 Å². The minimum atomic E-state index is -0.787. The summed E-state index contributed by atoms with van der Waals surface area (Å²) < 4.78 is 11.3. The first-order valence-corrected chi connectivity index (χ1v) is 9.41. The number of ether oxygens (including phenoxy) is 2. The largest absolute Gasteiger partial charge is 0.481 e. The van der Waals surface area contributed by atoms with Crippen LogP contribution in [0.5, 0.6) is 11.5 Å². The molecule has 29 heavy (non-hydrogen) atoms. The van der Waals surface area contributed by atoms with E-state index in [-0.39, 0.29) is 0 Å². The van der Waals surface area contributed by atoms with Gasteiger partial charge in [-0.2, -0.15) is 0 Å². The van der Waals surface area contributed by atoms with Crippen molar-refractivity contribution in [2.45, 2.75) is 33.0 Å². The molecule has 2 N–H and O–H groups in total. The minimum Gasteiger partial charge on any atom is -0.481 e. The number of hydrogen-bond donors (Lipinski definition) is 2. The van der Waals surface area contributed by atoms with Crippen LogP contribution >= 0.6 is 0 Å². The van der Waals surface area contributed by atoms with Gasteiger partial charge in [0.25, 0.3) is 11.8 Å². The van der Waals surface area contributed by atoms with Crippen molar-refractivity contribution < 1.29 is 19.1 Å². The van der Waals surface area contributed by atoms with Gasteiger partial charge in [0, 0.05) is 0 Å². The van der Waals surface area contributed by atoms with Crippen LogP contribution in [-0.4, -0.2) is 24.0 Å². The maximum atomic E-state index is 12.2. The number of fused-ring (bicyclic) bond motifs is 1. The van der Waals surface area contributed by atoms with Crippen LogP contribution in [0.2, 0.25) is 0 Å². The van der Waals surface area contributed by atoms with Crippen LogP contribution in [0.1, 0.15) is 19.4 Å². The van der Waals surface area contributed by atoms with Gasteiger partial charge in [-0.1, -0.05) is 48.0 Å². The summed E-state index contributed by atoms with van der Waals surface area (Å²) in [7, 11) is 0. The van der Waals surface area contributed by atoms with E-state index >= 15 is 0 Å². The predicted molar refractivity (Wildman–Crippen MR) is 112 cm³/mol. The Labute approximate surface area is 169 Å². The van der Waals surface area contributed by atoms with Crippen molar-refractivity contribution in [3.05, 3.63) is 72.3 Å². The number of amides is 2. The van der Waals surface area contributed by atoms with E-state index in [0.29, 0.717) is 11.5 Å².